The Morgan fingerprint density at radius 2 is 2.00 bits per heavy atom. The molecule has 6 heteroatoms. The number of nitrogens with zero attached hydrogens (tertiary/aromatic N) is 1. The van der Waals surface area contributed by atoms with Crippen LogP contribution >= 0.6 is 31.9 Å². The van der Waals surface area contributed by atoms with Gasteiger partial charge in [-0.25, -0.2) is 0 Å². The van der Waals surface area contributed by atoms with Gasteiger partial charge in [0.1, 0.15) is 0 Å². The van der Waals surface area contributed by atoms with Gasteiger partial charge in [-0.2, -0.15) is 5.26 Å². The number of anilines is 1. The van der Waals surface area contributed by atoms with E-state index in [0.717, 1.165) is 15.7 Å². The minimum atomic E-state index is 0.0841. The Kier molecular flexibility index (Phi) is 5.10. The minimum Gasteiger partial charge on any atom is -0.503 e. The Balaban J connectivity index is 2.17. The van der Waals surface area contributed by atoms with Crippen molar-refractivity contribution >= 4 is 37.5 Å². The van der Waals surface area contributed by atoms with E-state index in [9.17, 15) is 5.11 Å². The summed E-state index contributed by atoms with van der Waals surface area (Å²) in [6.07, 6.45) is 0. The highest BCUT2D eigenvalue weighted by molar-refractivity contribution is 9.11. The van der Waals surface area contributed by atoms with Crippen molar-refractivity contribution in [2.24, 2.45) is 0 Å². The Morgan fingerprint density at radius 3 is 2.62 bits per heavy atom. The third-order valence-electron chi connectivity index (χ3n) is 2.89. The molecule has 0 radical (unpaired) electrons. The molecule has 0 saturated heterocycles. The number of hydrogen-bond acceptors (Lipinski definition) is 4. The first kappa shape index (κ1) is 15.7. The molecule has 2 aromatic carbocycles. The first-order chi connectivity index (χ1) is 10.0. The Bertz CT molecular complexity index is 712. The van der Waals surface area contributed by atoms with Crippen molar-refractivity contribution in [2.45, 2.75) is 6.54 Å². The van der Waals surface area contributed by atoms with E-state index in [-0.39, 0.29) is 5.75 Å². The largest absolute Gasteiger partial charge is 0.503 e. The molecule has 0 amide bonds. The zero-order chi connectivity index (χ0) is 15.4. The molecule has 0 aliphatic heterocycles. The SMILES string of the molecule is COc1cc(CNc2ccc(C#N)cc2Br)cc(Br)c1O. The molecule has 2 N–H and O–H groups in total. The summed E-state index contributed by atoms with van der Waals surface area (Å²) < 4.78 is 6.53. The van der Waals surface area contributed by atoms with Crippen LogP contribution in [0.2, 0.25) is 0 Å². The predicted octanol–water partition coefficient (Wildman–Crippen LogP) is 4.41. The molecule has 0 aliphatic rings. The Hall–Kier alpha value is -1.71. The summed E-state index contributed by atoms with van der Waals surface area (Å²) in [6, 6.07) is 11.0. The molecule has 0 aliphatic carbocycles. The van der Waals surface area contributed by atoms with Gasteiger partial charge < -0.3 is 15.2 Å². The maximum absolute atomic E-state index is 9.78. The van der Waals surface area contributed by atoms with Crippen molar-refractivity contribution in [3.05, 3.63) is 50.4 Å². The van der Waals surface area contributed by atoms with Gasteiger partial charge in [0.05, 0.1) is 23.2 Å². The average molecular weight is 412 g/mol. The van der Waals surface area contributed by atoms with E-state index in [1.807, 2.05) is 12.1 Å². The van der Waals surface area contributed by atoms with Crippen molar-refractivity contribution in [3.63, 3.8) is 0 Å². The van der Waals surface area contributed by atoms with E-state index in [1.165, 1.54) is 7.11 Å². The molecule has 0 spiro atoms. The number of benzene rings is 2. The van der Waals surface area contributed by atoms with Crippen LogP contribution in [0.3, 0.4) is 0 Å². The topological polar surface area (TPSA) is 65.3 Å². The van der Waals surface area contributed by atoms with Gasteiger partial charge in [0.25, 0.3) is 0 Å². The summed E-state index contributed by atoms with van der Waals surface area (Å²) in [7, 11) is 1.51. The van der Waals surface area contributed by atoms with E-state index in [0.29, 0.717) is 22.3 Å². The van der Waals surface area contributed by atoms with Crippen molar-refractivity contribution < 1.29 is 9.84 Å². The highest BCUT2D eigenvalue weighted by Gasteiger charge is 2.09. The number of rotatable bonds is 4. The summed E-state index contributed by atoms with van der Waals surface area (Å²) in [6.45, 7) is 0.555. The summed E-state index contributed by atoms with van der Waals surface area (Å²) in [5, 5.41) is 21.9. The molecule has 0 heterocycles. The predicted molar refractivity (Wildman–Crippen MR) is 88.5 cm³/mol. The van der Waals surface area contributed by atoms with Gasteiger partial charge in [0.15, 0.2) is 11.5 Å². The van der Waals surface area contributed by atoms with Gasteiger partial charge in [0, 0.05) is 16.7 Å². The number of ether oxygens (including phenoxy) is 1. The minimum absolute atomic E-state index is 0.0841. The van der Waals surface area contributed by atoms with E-state index in [4.69, 9.17) is 10.00 Å². The summed E-state index contributed by atoms with van der Waals surface area (Å²) in [5.41, 5.74) is 2.44. The second-order valence-corrected chi connectivity index (χ2v) is 6.00. The van der Waals surface area contributed by atoms with Gasteiger partial charge in [0.2, 0.25) is 0 Å². The zero-order valence-electron chi connectivity index (χ0n) is 11.2. The fourth-order valence-corrected chi connectivity index (χ4v) is 2.82. The molecule has 0 fully saturated rings. The Labute approximate surface area is 139 Å². The summed E-state index contributed by atoms with van der Waals surface area (Å²) >= 11 is 6.72. The number of hydrogen-bond donors (Lipinski definition) is 2. The fourth-order valence-electron chi connectivity index (χ4n) is 1.81. The van der Waals surface area contributed by atoms with Crippen LogP contribution in [0.1, 0.15) is 11.1 Å². The smallest absolute Gasteiger partial charge is 0.172 e. The third-order valence-corrected chi connectivity index (χ3v) is 4.15. The van der Waals surface area contributed by atoms with Gasteiger partial charge in [-0.1, -0.05) is 0 Å². The maximum atomic E-state index is 9.78. The summed E-state index contributed by atoms with van der Waals surface area (Å²) in [5.74, 6) is 0.501. The van der Waals surface area contributed by atoms with Gasteiger partial charge >= 0.3 is 0 Å². The van der Waals surface area contributed by atoms with Crippen molar-refractivity contribution in [3.8, 4) is 17.6 Å². The van der Waals surface area contributed by atoms with Crippen molar-refractivity contribution in [2.75, 3.05) is 12.4 Å². The van der Waals surface area contributed by atoms with Crippen LogP contribution in [0.5, 0.6) is 11.5 Å². The van der Waals surface area contributed by atoms with Crippen LogP contribution in [0, 0.1) is 11.3 Å². The first-order valence-corrected chi connectivity index (χ1v) is 7.62. The number of nitrogens with one attached hydrogen (secondary N) is 1. The lowest BCUT2D eigenvalue weighted by Gasteiger charge is -2.12. The zero-order valence-corrected chi connectivity index (χ0v) is 14.3. The van der Waals surface area contributed by atoms with E-state index < -0.39 is 0 Å². The second-order valence-electron chi connectivity index (χ2n) is 4.29. The average Bonchev–Trinajstić information content (AvgIpc) is 2.49. The van der Waals surface area contributed by atoms with E-state index >= 15 is 0 Å². The van der Waals surface area contributed by atoms with E-state index in [1.54, 1.807) is 18.2 Å². The number of methoxy groups -OCH3 is 1. The van der Waals surface area contributed by atoms with Crippen LogP contribution in [-0.4, -0.2) is 12.2 Å². The fraction of sp³-hybridized carbons (Fsp3) is 0.133. The number of phenols is 1. The van der Waals surface area contributed by atoms with Gasteiger partial charge in [-0.15, -0.1) is 0 Å². The van der Waals surface area contributed by atoms with Gasteiger partial charge in [-0.05, 0) is 67.8 Å². The standard InChI is InChI=1S/C15H12Br2N2O2/c1-21-14-6-10(5-12(17)15(14)20)8-19-13-3-2-9(7-18)4-11(13)16/h2-6,19-20H,8H2,1H3. The lowest BCUT2D eigenvalue weighted by Crippen LogP contribution is -2.01. The van der Waals surface area contributed by atoms with Gasteiger partial charge in [-0.3, -0.25) is 0 Å². The number of halogens is 2. The van der Waals surface area contributed by atoms with Crippen molar-refractivity contribution in [1.29, 1.82) is 5.26 Å². The first-order valence-electron chi connectivity index (χ1n) is 6.04. The van der Waals surface area contributed by atoms with Crippen LogP contribution in [0.4, 0.5) is 5.69 Å². The molecule has 2 rings (SSSR count). The molecule has 0 bridgehead atoms. The molecule has 0 atom stereocenters. The normalized spacial score (nSPS) is 10.0. The molecule has 2 aromatic rings. The number of nitriles is 1. The second kappa shape index (κ2) is 6.83. The van der Waals surface area contributed by atoms with Crippen LogP contribution < -0.4 is 10.1 Å². The quantitative estimate of drug-likeness (QED) is 0.781. The van der Waals surface area contributed by atoms with Crippen LogP contribution in [0.15, 0.2) is 39.3 Å². The number of aromatic hydroxyl groups is 1. The monoisotopic (exact) mass is 410 g/mol. The molecule has 21 heavy (non-hydrogen) atoms. The molecular formula is C15H12Br2N2O2. The Morgan fingerprint density at radius 1 is 1.24 bits per heavy atom. The van der Waals surface area contributed by atoms with E-state index in [2.05, 4.69) is 43.2 Å². The third kappa shape index (κ3) is 3.69. The molecule has 0 aromatic heterocycles. The van der Waals surface area contributed by atoms with Crippen LogP contribution in [-0.2, 0) is 6.54 Å². The molecule has 4 nitrogen and oxygen atoms in total. The maximum Gasteiger partial charge on any atom is 0.172 e. The molecular weight excluding hydrogens is 400 g/mol. The lowest BCUT2D eigenvalue weighted by atomic mass is 10.2. The highest BCUT2D eigenvalue weighted by atomic mass is 79.9. The molecule has 0 unspecified atom stereocenters. The molecule has 108 valence electrons. The summed E-state index contributed by atoms with van der Waals surface area (Å²) in [4.78, 5) is 0. The molecule has 0 saturated carbocycles. The van der Waals surface area contributed by atoms with Crippen LogP contribution in [0.25, 0.3) is 0 Å². The van der Waals surface area contributed by atoms with Crippen molar-refractivity contribution in [1.82, 2.24) is 0 Å². The lowest BCUT2D eigenvalue weighted by molar-refractivity contribution is 0.371. The number of phenolic OH excluding ortho intramolecular Hbond substituents is 1. The highest BCUT2D eigenvalue weighted by Crippen LogP contribution is 2.35.